The first-order valence-electron chi connectivity index (χ1n) is 22.1. The second kappa shape index (κ2) is 36.8. The molecule has 0 aromatic heterocycles. The van der Waals surface area contributed by atoms with Crippen molar-refractivity contribution in [3.05, 3.63) is 60.8 Å². The van der Waals surface area contributed by atoms with Crippen LogP contribution in [0.1, 0.15) is 168 Å². The highest BCUT2D eigenvalue weighted by atomic mass is 16.6. The molecule has 0 spiro atoms. The summed E-state index contributed by atoms with van der Waals surface area (Å²) in [5, 5.41) is 0. The summed E-state index contributed by atoms with van der Waals surface area (Å²) in [6, 6.07) is 0. The third-order valence-electron chi connectivity index (χ3n) is 10.0. The molecule has 0 N–H and O–H groups in total. The molecule has 0 aromatic rings. The summed E-state index contributed by atoms with van der Waals surface area (Å²) in [5.74, 6) is 0. The largest absolute Gasteiger partial charge is 0.448 e. The molecule has 0 saturated carbocycles. The number of nitrogens with zero attached hydrogens (tertiary/aromatic N) is 2. The lowest BCUT2D eigenvalue weighted by molar-refractivity contribution is -0.125. The summed E-state index contributed by atoms with van der Waals surface area (Å²) in [5.41, 5.74) is -0.299. The van der Waals surface area contributed by atoms with Crippen LogP contribution in [0.3, 0.4) is 0 Å². The van der Waals surface area contributed by atoms with Gasteiger partial charge >= 0.3 is 6.09 Å². The number of carbonyl (C=O) groups is 1. The zero-order chi connectivity index (χ0) is 38.3. The van der Waals surface area contributed by atoms with Crippen LogP contribution in [0.25, 0.3) is 0 Å². The monoisotopic (exact) mass is 741 g/mol. The third-order valence-corrected chi connectivity index (χ3v) is 10.0. The molecule has 0 unspecified atom stereocenters. The molecular weight excluding hydrogens is 657 g/mol. The summed E-state index contributed by atoms with van der Waals surface area (Å²) in [4.78, 5) is 16.5. The average Bonchev–Trinajstić information content (AvgIpc) is 3.15. The average molecular weight is 741 g/mol. The van der Waals surface area contributed by atoms with Crippen molar-refractivity contribution in [3.8, 4) is 0 Å². The standard InChI is InChI=1S/C47H84N2O4/c1-5-7-9-11-13-15-17-19-21-23-25-27-29-31-33-35-42-51-45-47(37-39-49(40-38-47)46(50)52-44-41-48(3)4)53-43-36-34-32-30-28-26-24-22-20-18-16-14-12-10-8-6-2/h8,10,13-16,19-22H,5-7,9,11-12,17-18,23-45H2,1-4H3/b10-8-,15-13-,16-14-,21-19-,22-20-. The van der Waals surface area contributed by atoms with Gasteiger partial charge in [-0.05, 0) is 104 Å². The highest BCUT2D eigenvalue weighted by Gasteiger charge is 2.37. The van der Waals surface area contributed by atoms with Crippen LogP contribution in [0.15, 0.2) is 60.8 Å². The first-order valence-corrected chi connectivity index (χ1v) is 22.1. The van der Waals surface area contributed by atoms with E-state index < -0.39 is 0 Å². The predicted octanol–water partition coefficient (Wildman–Crippen LogP) is 13.0. The van der Waals surface area contributed by atoms with E-state index in [2.05, 4.69) is 74.6 Å². The lowest BCUT2D eigenvalue weighted by atomic mass is 9.92. The van der Waals surface area contributed by atoms with Gasteiger partial charge in [-0.1, -0.05) is 139 Å². The Labute approximate surface area is 328 Å². The topological polar surface area (TPSA) is 51.2 Å². The minimum absolute atomic E-state index is 0.203. The van der Waals surface area contributed by atoms with E-state index in [4.69, 9.17) is 14.2 Å². The van der Waals surface area contributed by atoms with Crippen molar-refractivity contribution in [3.63, 3.8) is 0 Å². The maximum absolute atomic E-state index is 12.6. The molecule has 1 heterocycles. The summed E-state index contributed by atoms with van der Waals surface area (Å²) < 4.78 is 18.4. The Morgan fingerprint density at radius 1 is 0.585 bits per heavy atom. The van der Waals surface area contributed by atoms with Crippen LogP contribution < -0.4 is 0 Å². The van der Waals surface area contributed by atoms with Crippen LogP contribution in [-0.4, -0.2) is 81.7 Å². The molecule has 306 valence electrons. The molecule has 0 atom stereocenters. The third kappa shape index (κ3) is 30.8. The van der Waals surface area contributed by atoms with Gasteiger partial charge in [0, 0.05) is 32.8 Å². The molecule has 1 saturated heterocycles. The summed E-state index contributed by atoms with van der Waals surface area (Å²) >= 11 is 0. The Hall–Kier alpha value is -2.15. The van der Waals surface area contributed by atoms with Crippen LogP contribution in [0, 0.1) is 0 Å². The Balaban J connectivity index is 2.25. The second-order valence-electron chi connectivity index (χ2n) is 15.3. The number of unbranched alkanes of at least 4 members (excludes halogenated alkanes) is 15. The number of hydrogen-bond donors (Lipinski definition) is 0. The van der Waals surface area contributed by atoms with Gasteiger partial charge in [0.25, 0.3) is 0 Å². The number of carbonyl (C=O) groups excluding carboxylic acids is 1. The van der Waals surface area contributed by atoms with E-state index in [0.29, 0.717) is 26.3 Å². The van der Waals surface area contributed by atoms with Gasteiger partial charge in [-0.2, -0.15) is 0 Å². The van der Waals surface area contributed by atoms with Gasteiger partial charge in [0.15, 0.2) is 0 Å². The molecule has 0 aliphatic carbocycles. The Kier molecular flexibility index (Phi) is 33.9. The first-order chi connectivity index (χ1) is 26.0. The fourth-order valence-electron chi connectivity index (χ4n) is 6.47. The zero-order valence-electron chi connectivity index (χ0n) is 35.2. The lowest BCUT2D eigenvalue weighted by Crippen LogP contribution is -2.51. The predicted molar refractivity (Wildman–Crippen MR) is 229 cm³/mol. The fraction of sp³-hybridized carbons (Fsp3) is 0.766. The number of rotatable bonds is 35. The Morgan fingerprint density at radius 3 is 1.58 bits per heavy atom. The van der Waals surface area contributed by atoms with Crippen LogP contribution in [-0.2, 0) is 14.2 Å². The van der Waals surface area contributed by atoms with Crippen molar-refractivity contribution in [2.75, 3.05) is 60.2 Å². The molecule has 6 heteroatoms. The van der Waals surface area contributed by atoms with Crippen LogP contribution in [0.5, 0.6) is 0 Å². The maximum Gasteiger partial charge on any atom is 0.409 e. The minimum atomic E-state index is -0.299. The first kappa shape index (κ1) is 48.9. The zero-order valence-corrected chi connectivity index (χ0v) is 35.2. The van der Waals surface area contributed by atoms with Crippen LogP contribution in [0.4, 0.5) is 4.79 Å². The Bertz CT molecular complexity index is 962. The van der Waals surface area contributed by atoms with E-state index in [1.165, 1.54) is 103 Å². The minimum Gasteiger partial charge on any atom is -0.448 e. The smallest absolute Gasteiger partial charge is 0.409 e. The molecule has 1 rings (SSSR count). The van der Waals surface area contributed by atoms with E-state index >= 15 is 0 Å². The Morgan fingerprint density at radius 2 is 1.06 bits per heavy atom. The highest BCUT2D eigenvalue weighted by molar-refractivity contribution is 5.67. The van der Waals surface area contributed by atoms with Crippen LogP contribution in [0.2, 0.25) is 0 Å². The highest BCUT2D eigenvalue weighted by Crippen LogP contribution is 2.28. The van der Waals surface area contributed by atoms with E-state index in [-0.39, 0.29) is 11.7 Å². The van der Waals surface area contributed by atoms with Crippen molar-refractivity contribution < 1.29 is 19.0 Å². The van der Waals surface area contributed by atoms with Crippen molar-refractivity contribution in [1.82, 2.24) is 9.80 Å². The van der Waals surface area contributed by atoms with Gasteiger partial charge in [0.1, 0.15) is 6.61 Å². The lowest BCUT2D eigenvalue weighted by Gasteiger charge is -2.41. The number of ether oxygens (including phenoxy) is 3. The summed E-state index contributed by atoms with van der Waals surface area (Å²) in [6.07, 6.45) is 51.2. The maximum atomic E-state index is 12.6. The van der Waals surface area contributed by atoms with Crippen molar-refractivity contribution >= 4 is 6.09 Å². The number of likely N-dealkylation sites (tertiary alicyclic amines) is 1. The number of amides is 1. The number of hydrogen-bond acceptors (Lipinski definition) is 5. The number of piperidine rings is 1. The van der Waals surface area contributed by atoms with Gasteiger partial charge in [-0.25, -0.2) is 4.79 Å². The molecule has 6 nitrogen and oxygen atoms in total. The van der Waals surface area contributed by atoms with E-state index in [0.717, 1.165) is 71.1 Å². The molecule has 1 aliphatic rings. The van der Waals surface area contributed by atoms with Gasteiger partial charge < -0.3 is 24.0 Å². The fourth-order valence-corrected chi connectivity index (χ4v) is 6.47. The SMILES string of the molecule is CC/C=C\C/C=C\C/C=C\CCCCCCCCOC1(COCCCCCCCC/C=C\C/C=C\CCCCC)CCN(C(=O)OCCN(C)C)CC1. The van der Waals surface area contributed by atoms with Gasteiger partial charge in [-0.3, -0.25) is 0 Å². The van der Waals surface area contributed by atoms with Gasteiger partial charge in [0.05, 0.1) is 12.2 Å². The van der Waals surface area contributed by atoms with E-state index in [1.54, 1.807) is 0 Å². The molecule has 0 bridgehead atoms. The molecular formula is C47H84N2O4. The molecule has 1 amide bonds. The summed E-state index contributed by atoms with van der Waals surface area (Å²) in [6.45, 7) is 9.10. The van der Waals surface area contributed by atoms with Gasteiger partial charge in [-0.15, -0.1) is 0 Å². The molecule has 1 aliphatic heterocycles. The van der Waals surface area contributed by atoms with Crippen molar-refractivity contribution in [2.24, 2.45) is 0 Å². The molecule has 0 aromatic carbocycles. The van der Waals surface area contributed by atoms with E-state index in [9.17, 15) is 4.79 Å². The van der Waals surface area contributed by atoms with Gasteiger partial charge in [0.2, 0.25) is 0 Å². The number of likely N-dealkylation sites (N-methyl/N-ethyl adjacent to an activating group) is 1. The molecule has 53 heavy (non-hydrogen) atoms. The summed E-state index contributed by atoms with van der Waals surface area (Å²) in [7, 11) is 3.98. The van der Waals surface area contributed by atoms with Crippen molar-refractivity contribution in [1.29, 1.82) is 0 Å². The quantitative estimate of drug-likeness (QED) is 0.0478. The van der Waals surface area contributed by atoms with Crippen molar-refractivity contribution in [2.45, 2.75) is 174 Å². The normalized spacial score (nSPS) is 15.2. The molecule has 1 fully saturated rings. The van der Waals surface area contributed by atoms with Crippen LogP contribution >= 0.6 is 0 Å². The number of allylic oxidation sites excluding steroid dienone is 10. The van der Waals surface area contributed by atoms with E-state index in [1.807, 2.05) is 23.9 Å². The second-order valence-corrected chi connectivity index (χ2v) is 15.3. The molecule has 0 radical (unpaired) electrons.